The first-order valence-electron chi connectivity index (χ1n) is 7.86. The van der Waals surface area contributed by atoms with E-state index in [2.05, 4.69) is 0 Å². The van der Waals surface area contributed by atoms with Crippen molar-refractivity contribution in [3.05, 3.63) is 54.6 Å². The van der Waals surface area contributed by atoms with Gasteiger partial charge < -0.3 is 9.84 Å². The number of anilines is 1. The summed E-state index contributed by atoms with van der Waals surface area (Å²) < 4.78 is 56.4. The van der Waals surface area contributed by atoms with E-state index >= 15 is 0 Å². The van der Waals surface area contributed by atoms with E-state index in [1.807, 2.05) is 0 Å². The monoisotopic (exact) mass is 397 g/mol. The molecule has 0 amide bonds. The first-order valence-corrected chi connectivity index (χ1v) is 11.1. The number of benzene rings is 2. The van der Waals surface area contributed by atoms with E-state index in [1.54, 1.807) is 30.3 Å². The number of rotatable bonds is 5. The lowest BCUT2D eigenvalue weighted by atomic mass is 10.2. The minimum atomic E-state index is -4.09. The fourth-order valence-corrected chi connectivity index (χ4v) is 6.52. The lowest BCUT2D eigenvalue weighted by molar-refractivity contribution is 0.184. The molecule has 0 bridgehead atoms. The molecule has 1 N–H and O–H groups in total. The molecule has 140 valence electrons. The average Bonchev–Trinajstić information content (AvgIpc) is 2.88. The molecule has 3 rings (SSSR count). The number of para-hydroxylation sites is 1. The van der Waals surface area contributed by atoms with Crippen molar-refractivity contribution in [1.29, 1.82) is 0 Å². The number of aliphatic hydroxyl groups is 1. The Balaban J connectivity index is 2.11. The largest absolute Gasteiger partial charge is 0.497 e. The van der Waals surface area contributed by atoms with E-state index < -0.39 is 43.5 Å². The van der Waals surface area contributed by atoms with E-state index in [0.717, 1.165) is 4.31 Å². The molecule has 0 spiro atoms. The second-order valence-electron chi connectivity index (χ2n) is 6.02. The number of sulfone groups is 1. The van der Waals surface area contributed by atoms with Crippen molar-refractivity contribution in [2.24, 2.45) is 0 Å². The highest BCUT2D eigenvalue weighted by Crippen LogP contribution is 2.31. The Hall–Kier alpha value is -2.10. The van der Waals surface area contributed by atoms with Crippen LogP contribution in [0, 0.1) is 0 Å². The zero-order chi connectivity index (χ0) is 18.9. The molecule has 0 unspecified atom stereocenters. The molecule has 1 saturated heterocycles. The Labute approximate surface area is 152 Å². The summed E-state index contributed by atoms with van der Waals surface area (Å²) >= 11 is 0. The van der Waals surface area contributed by atoms with Crippen molar-refractivity contribution in [3.8, 4) is 5.75 Å². The summed E-state index contributed by atoms with van der Waals surface area (Å²) in [6.45, 7) is 0. The van der Waals surface area contributed by atoms with Gasteiger partial charge in [-0.3, -0.25) is 4.31 Å². The lowest BCUT2D eigenvalue weighted by Gasteiger charge is -2.31. The molecular formula is C17H19NO6S2. The van der Waals surface area contributed by atoms with E-state index in [0.29, 0.717) is 11.4 Å². The predicted molar refractivity (Wildman–Crippen MR) is 97.5 cm³/mol. The number of hydrogen-bond acceptors (Lipinski definition) is 6. The van der Waals surface area contributed by atoms with Gasteiger partial charge in [-0.15, -0.1) is 0 Å². The molecule has 2 atom stereocenters. The van der Waals surface area contributed by atoms with E-state index in [9.17, 15) is 21.9 Å². The summed E-state index contributed by atoms with van der Waals surface area (Å²) in [7, 11) is -6.15. The van der Waals surface area contributed by atoms with Crippen molar-refractivity contribution in [2.75, 3.05) is 22.9 Å². The smallest absolute Gasteiger partial charge is 0.264 e. The van der Waals surface area contributed by atoms with Crippen molar-refractivity contribution in [1.82, 2.24) is 0 Å². The molecule has 0 aromatic heterocycles. The number of methoxy groups -OCH3 is 1. The zero-order valence-electron chi connectivity index (χ0n) is 14.0. The van der Waals surface area contributed by atoms with Crippen LogP contribution in [0.1, 0.15) is 0 Å². The van der Waals surface area contributed by atoms with E-state index in [-0.39, 0.29) is 4.90 Å². The fourth-order valence-electron chi connectivity index (χ4n) is 2.98. The van der Waals surface area contributed by atoms with Gasteiger partial charge in [0, 0.05) is 0 Å². The van der Waals surface area contributed by atoms with Crippen LogP contribution in [0.15, 0.2) is 59.5 Å². The standard InChI is InChI=1S/C17H19NO6S2/c1-24-14-7-9-15(10-8-14)26(22,23)18(13-5-3-2-4-6-13)16-11-25(20,21)12-17(16)19/h2-10,16-17,19H,11-12H2,1H3/t16-,17-/m1/s1. The second kappa shape index (κ2) is 6.90. The van der Waals surface area contributed by atoms with Gasteiger partial charge in [-0.1, -0.05) is 18.2 Å². The number of ether oxygens (including phenoxy) is 1. The molecule has 1 heterocycles. The highest BCUT2D eigenvalue weighted by Gasteiger charge is 2.44. The van der Waals surface area contributed by atoms with Gasteiger partial charge in [0.05, 0.1) is 41.3 Å². The number of hydrogen-bond donors (Lipinski definition) is 1. The summed E-state index contributed by atoms with van der Waals surface area (Å²) in [6.07, 6.45) is -1.30. The Morgan fingerprint density at radius 2 is 1.65 bits per heavy atom. The van der Waals surface area contributed by atoms with Crippen LogP contribution >= 0.6 is 0 Å². The van der Waals surface area contributed by atoms with Gasteiger partial charge in [0.1, 0.15) is 5.75 Å². The normalized spacial score (nSPS) is 22.1. The van der Waals surface area contributed by atoms with E-state index in [1.165, 1.54) is 31.4 Å². The minimum absolute atomic E-state index is 0.0151. The molecule has 0 radical (unpaired) electrons. The van der Waals surface area contributed by atoms with Gasteiger partial charge in [-0.25, -0.2) is 16.8 Å². The molecule has 1 aliphatic heterocycles. The van der Waals surface area contributed by atoms with Crippen molar-refractivity contribution >= 4 is 25.5 Å². The van der Waals surface area contributed by atoms with Crippen LogP contribution < -0.4 is 9.04 Å². The molecule has 2 aromatic rings. The van der Waals surface area contributed by atoms with Crippen molar-refractivity contribution < 1.29 is 26.7 Å². The first kappa shape index (κ1) is 18.7. The zero-order valence-corrected chi connectivity index (χ0v) is 15.7. The summed E-state index contributed by atoms with van der Waals surface area (Å²) in [6, 6.07) is 12.9. The molecule has 1 aliphatic rings. The van der Waals surface area contributed by atoms with Gasteiger partial charge in [-0.05, 0) is 36.4 Å². The Kier molecular flexibility index (Phi) is 4.96. The number of sulfonamides is 1. The van der Waals surface area contributed by atoms with Crippen LogP contribution in [0.2, 0.25) is 0 Å². The molecule has 7 nitrogen and oxygen atoms in total. The first-order chi connectivity index (χ1) is 12.2. The van der Waals surface area contributed by atoms with Crippen LogP contribution in [0.25, 0.3) is 0 Å². The van der Waals surface area contributed by atoms with Gasteiger partial charge in [-0.2, -0.15) is 0 Å². The van der Waals surface area contributed by atoms with Gasteiger partial charge in [0.2, 0.25) is 0 Å². The predicted octanol–water partition coefficient (Wildman–Crippen LogP) is 1.05. The third-order valence-electron chi connectivity index (χ3n) is 4.22. The molecule has 9 heteroatoms. The fraction of sp³-hybridized carbons (Fsp3) is 0.294. The molecule has 0 saturated carbocycles. The van der Waals surface area contributed by atoms with Gasteiger partial charge in [0.15, 0.2) is 9.84 Å². The van der Waals surface area contributed by atoms with Gasteiger partial charge >= 0.3 is 0 Å². The van der Waals surface area contributed by atoms with Crippen molar-refractivity contribution in [2.45, 2.75) is 17.0 Å². The maximum absolute atomic E-state index is 13.3. The van der Waals surface area contributed by atoms with E-state index in [4.69, 9.17) is 4.74 Å². The third kappa shape index (κ3) is 3.55. The highest BCUT2D eigenvalue weighted by molar-refractivity contribution is 7.93. The van der Waals surface area contributed by atoms with Crippen LogP contribution in [-0.4, -0.2) is 52.7 Å². The number of aliphatic hydroxyl groups excluding tert-OH is 1. The molecule has 0 aliphatic carbocycles. The highest BCUT2D eigenvalue weighted by atomic mass is 32.2. The topological polar surface area (TPSA) is 101 Å². The van der Waals surface area contributed by atoms with Crippen molar-refractivity contribution in [3.63, 3.8) is 0 Å². The maximum Gasteiger partial charge on any atom is 0.264 e. The molecule has 2 aromatic carbocycles. The van der Waals surface area contributed by atoms with Crippen LogP contribution in [0.5, 0.6) is 5.75 Å². The maximum atomic E-state index is 13.3. The van der Waals surface area contributed by atoms with Crippen LogP contribution in [0.4, 0.5) is 5.69 Å². The second-order valence-corrected chi connectivity index (χ2v) is 9.99. The number of nitrogens with zero attached hydrogens (tertiary/aromatic N) is 1. The average molecular weight is 397 g/mol. The Morgan fingerprint density at radius 1 is 1.04 bits per heavy atom. The quantitative estimate of drug-likeness (QED) is 0.809. The lowest BCUT2D eigenvalue weighted by Crippen LogP contribution is -2.47. The molecule has 1 fully saturated rings. The summed E-state index contributed by atoms with van der Waals surface area (Å²) in [5, 5.41) is 10.2. The van der Waals surface area contributed by atoms with Crippen LogP contribution in [-0.2, 0) is 19.9 Å². The SMILES string of the molecule is COc1ccc(S(=O)(=O)N(c2ccccc2)[C@@H]2CS(=O)(=O)C[C@H]2O)cc1. The summed E-state index contributed by atoms with van der Waals surface area (Å²) in [5.41, 5.74) is 0.296. The molecule has 26 heavy (non-hydrogen) atoms. The summed E-state index contributed by atoms with van der Waals surface area (Å²) in [5.74, 6) is -0.393. The Bertz CT molecular complexity index is 972. The van der Waals surface area contributed by atoms with Gasteiger partial charge in [0.25, 0.3) is 10.0 Å². The third-order valence-corrected chi connectivity index (χ3v) is 7.79. The minimum Gasteiger partial charge on any atom is -0.497 e. The summed E-state index contributed by atoms with van der Waals surface area (Å²) in [4.78, 5) is -0.0151. The molecular weight excluding hydrogens is 378 g/mol. The Morgan fingerprint density at radius 3 is 2.15 bits per heavy atom. The van der Waals surface area contributed by atoms with Crippen LogP contribution in [0.3, 0.4) is 0 Å².